The Balaban J connectivity index is 0.000000219. The number of nitrogens with zero attached hydrogens (tertiary/aromatic N) is 11. The number of carboxylic acid groups (broad SMARTS) is 1. The highest BCUT2D eigenvalue weighted by Crippen LogP contribution is 2.40. The van der Waals surface area contributed by atoms with Crippen molar-refractivity contribution in [1.29, 1.82) is 15.8 Å². The number of nitriles is 3. The standard InChI is InChI=1S/C30H38N6O4.C20H30N4O6.C11H22N2O2.C10H10N2O.C9H10N2O5.C6H4N2O/c1-18-7-10-21(32-29(38)40-30(2,3)4)17-35(18)28(37)20-13-23-26(25(14-20)39-6)34(5)27(33-23)24-12-11-22(15-31)36(24)16-19-8-9-19;1-12-7-8-14(22-19(26)30-20(2,3)4)11-23(12)18(25)13-9-15(24(27)28)17(21-5)16(10-13)29-6;1-8-5-6-9(7-12-8)13-10(14)15-11(2,3)4;11-5-9-3-4-10(7-13)12(9)6-8-1-2-8;1-10-8-6(11(14)15)3-5(9(12)13)4-7(8)16-2;7-3-5-1-2-6(4-9)8-5/h11-14,18-19,21H,7-10,16-17H2,1-6H3,(H,32,38);9-10,12,14,21H,7-8,11H2,1-6H3,(H,22,26);8-9,12H,5-7H2,1-4H3,(H,13,14);3-4,7-8H,1-2,6H2;3-4,10H,1-2H3,(H,12,13);1-2,4,8H/t18-,21+;12-,14+;8-,9+;;;/m000.../s1. The number of carbonyl (C=O) groups excluding carboxylic acids is 7. The van der Waals surface area contributed by atoms with E-state index in [1.165, 1.54) is 65.1 Å². The summed E-state index contributed by atoms with van der Waals surface area (Å²) >= 11 is 0. The molecule has 7 heterocycles. The Bertz CT molecular complexity index is 5060. The smallest absolute Gasteiger partial charge is 0.407 e. The molecule has 37 nitrogen and oxygen atoms in total. The molecule has 37 heteroatoms. The van der Waals surface area contributed by atoms with Gasteiger partial charge in [0.15, 0.2) is 29.8 Å². The number of aldehydes is 2. The first-order valence-corrected chi connectivity index (χ1v) is 40.4. The number of ether oxygens (including phenoxy) is 6. The van der Waals surface area contributed by atoms with Crippen LogP contribution in [0.5, 0.6) is 17.2 Å². The molecule has 0 radical (unpaired) electrons. The van der Waals surface area contributed by atoms with Crippen LogP contribution < -0.4 is 46.1 Å². The summed E-state index contributed by atoms with van der Waals surface area (Å²) in [7, 11) is 9.25. The molecular formula is C86H114N18O19. The van der Waals surface area contributed by atoms with Gasteiger partial charge in [0.2, 0.25) is 0 Å². The Kier molecular flexibility index (Phi) is 34.1. The lowest BCUT2D eigenvalue weighted by atomic mass is 9.98. The van der Waals surface area contributed by atoms with Crippen LogP contribution in [0.2, 0.25) is 0 Å². The van der Waals surface area contributed by atoms with Gasteiger partial charge in [-0.3, -0.25) is 39.4 Å². The molecule has 8 N–H and O–H groups in total. The summed E-state index contributed by atoms with van der Waals surface area (Å²) in [6.07, 6.45) is 9.97. The van der Waals surface area contributed by atoms with Gasteiger partial charge in [0.1, 0.15) is 74.9 Å². The zero-order valence-electron chi connectivity index (χ0n) is 73.0. The van der Waals surface area contributed by atoms with E-state index in [-0.39, 0.29) is 100 Å². The molecule has 5 fully saturated rings. The van der Waals surface area contributed by atoms with Crippen LogP contribution in [0, 0.1) is 66.1 Å². The third-order valence-electron chi connectivity index (χ3n) is 20.3. The minimum atomic E-state index is -1.25. The third-order valence-corrected chi connectivity index (χ3v) is 20.3. The van der Waals surface area contributed by atoms with Crippen molar-refractivity contribution in [2.45, 2.75) is 213 Å². The number of aryl methyl sites for hydroxylation is 1. The Morgan fingerprint density at radius 2 is 1.01 bits per heavy atom. The number of aromatic carboxylic acids is 1. The van der Waals surface area contributed by atoms with Crippen molar-refractivity contribution >= 4 is 82.4 Å². The number of nitrogens with one attached hydrogen (secondary N) is 7. The van der Waals surface area contributed by atoms with Gasteiger partial charge in [0.25, 0.3) is 23.2 Å². The molecule has 5 amide bonds. The zero-order chi connectivity index (χ0) is 91.1. The van der Waals surface area contributed by atoms with E-state index in [4.69, 9.17) is 49.0 Å². The number of likely N-dealkylation sites (tertiary alicyclic amines) is 2. The van der Waals surface area contributed by atoms with Crippen LogP contribution in [0.15, 0.2) is 72.8 Å². The first-order valence-electron chi connectivity index (χ1n) is 40.4. The number of piperidine rings is 3. The van der Waals surface area contributed by atoms with Gasteiger partial charge >= 0.3 is 24.2 Å². The molecule has 123 heavy (non-hydrogen) atoms. The number of benzene rings is 3. The molecular weight excluding hydrogens is 1590 g/mol. The lowest BCUT2D eigenvalue weighted by Crippen LogP contribution is -2.53. The lowest BCUT2D eigenvalue weighted by molar-refractivity contribution is -0.384. The molecule has 0 bridgehead atoms. The van der Waals surface area contributed by atoms with Crippen molar-refractivity contribution in [2.24, 2.45) is 18.9 Å². The Hall–Kier alpha value is -13.2. The monoisotopic (exact) mass is 1700 g/mol. The number of imidazole rings is 1. The number of fused-ring (bicyclic) bond motifs is 1. The van der Waals surface area contributed by atoms with Gasteiger partial charge < -0.3 is 93.9 Å². The number of hydrogen-bond acceptors (Lipinski definition) is 25. The highest BCUT2D eigenvalue weighted by Gasteiger charge is 2.37. The van der Waals surface area contributed by atoms with Gasteiger partial charge in [-0.1, -0.05) is 0 Å². The fourth-order valence-corrected chi connectivity index (χ4v) is 13.8. The SMILES string of the molecule is CNc1c(OC)cc(C(=O)N2C[C@H](NC(=O)OC(C)(C)C)CC[C@@H]2C)cc1[N+](=O)[O-].CNc1c(OC)cc(C(=O)O)cc1[N+](=O)[O-].COc1cc(C(=O)N2C[C@H](NC(=O)OC(C)(C)C)CC[C@@H]2C)cc2nc(-c3ccc(C#N)n3CC3CC3)n(C)c12.C[C@H]1CC[C@@H](NC(=O)OC(C)(C)C)CN1.N#Cc1ccc(C=O)[nH]1.N#Cc1ccc(C=O)n1CC1CC1. The second-order valence-corrected chi connectivity index (χ2v) is 33.4. The van der Waals surface area contributed by atoms with E-state index in [2.05, 4.69) is 55.9 Å². The zero-order valence-corrected chi connectivity index (χ0v) is 73.0. The minimum Gasteiger partial charge on any atom is -0.494 e. The number of amides is 5. The lowest BCUT2D eigenvalue weighted by Gasteiger charge is -2.38. The van der Waals surface area contributed by atoms with Crippen molar-refractivity contribution in [3.05, 3.63) is 138 Å². The first kappa shape index (κ1) is 96.9. The predicted octanol–water partition coefficient (Wildman–Crippen LogP) is 13.3. The van der Waals surface area contributed by atoms with Gasteiger partial charge in [-0.15, -0.1) is 0 Å². The van der Waals surface area contributed by atoms with Crippen molar-refractivity contribution in [3.8, 4) is 47.0 Å². The summed E-state index contributed by atoms with van der Waals surface area (Å²) in [5.74, 6) is 1.12. The summed E-state index contributed by atoms with van der Waals surface area (Å²) in [5.41, 5.74) is 3.56. The van der Waals surface area contributed by atoms with Crippen molar-refractivity contribution in [2.75, 3.05) is 65.7 Å². The number of H-pyrrole nitrogens is 1. The summed E-state index contributed by atoms with van der Waals surface area (Å²) in [5, 5.41) is 75.0. The van der Waals surface area contributed by atoms with Crippen LogP contribution in [0.4, 0.5) is 37.1 Å². The first-order chi connectivity index (χ1) is 58.0. The number of rotatable bonds is 20. The largest absolute Gasteiger partial charge is 0.494 e. The van der Waals surface area contributed by atoms with Crippen LogP contribution in [0.3, 0.4) is 0 Å². The average molecular weight is 1700 g/mol. The molecule has 3 aromatic carbocycles. The Labute approximate surface area is 714 Å². The second-order valence-electron chi connectivity index (χ2n) is 33.4. The highest BCUT2D eigenvalue weighted by atomic mass is 16.6. The summed E-state index contributed by atoms with van der Waals surface area (Å²) < 4.78 is 37.6. The highest BCUT2D eigenvalue weighted by molar-refractivity contribution is 6.01. The maximum absolute atomic E-state index is 13.8. The van der Waals surface area contributed by atoms with E-state index in [0.29, 0.717) is 94.7 Å². The van der Waals surface area contributed by atoms with Gasteiger partial charge in [-0.2, -0.15) is 15.8 Å². The number of nitro groups is 2. The van der Waals surface area contributed by atoms with E-state index >= 15 is 0 Å². The average Bonchev–Trinajstić information content (AvgIpc) is 1.59. The fraction of sp³-hybridized carbons (Fsp3) is 0.512. The van der Waals surface area contributed by atoms with Gasteiger partial charge in [-0.05, 0) is 220 Å². The number of hydrogen-bond donors (Lipinski definition) is 8. The molecule has 0 spiro atoms. The molecule has 662 valence electrons. The van der Waals surface area contributed by atoms with Gasteiger partial charge in [-0.25, -0.2) is 24.2 Å². The molecule has 6 atom stereocenters. The second kappa shape index (κ2) is 43.3. The molecule has 5 aliphatic rings. The summed E-state index contributed by atoms with van der Waals surface area (Å²) in [4.78, 5) is 126. The maximum Gasteiger partial charge on any atom is 0.407 e. The number of nitro benzene ring substituents is 2. The normalized spacial score (nSPS) is 17.7. The molecule has 4 aromatic heterocycles. The number of anilines is 2. The molecule has 3 saturated heterocycles. The van der Waals surface area contributed by atoms with E-state index < -0.39 is 44.8 Å². The molecule has 2 aliphatic carbocycles. The molecule has 7 aromatic rings. The van der Waals surface area contributed by atoms with Crippen molar-refractivity contribution in [3.63, 3.8) is 0 Å². The minimum absolute atomic E-state index is 0.0141. The molecule has 0 unspecified atom stereocenters. The van der Waals surface area contributed by atoms with Crippen molar-refractivity contribution < 1.29 is 81.7 Å². The van der Waals surface area contributed by atoms with Crippen LogP contribution in [0.25, 0.3) is 22.6 Å². The van der Waals surface area contributed by atoms with Crippen molar-refractivity contribution in [1.82, 2.24) is 54.7 Å². The molecule has 3 aliphatic heterocycles. The van der Waals surface area contributed by atoms with Crippen LogP contribution in [0.1, 0.15) is 216 Å². The van der Waals surface area contributed by atoms with Crippen LogP contribution in [-0.2, 0) is 34.3 Å². The number of carbonyl (C=O) groups is 8. The Morgan fingerprint density at radius 1 is 0.569 bits per heavy atom. The van der Waals surface area contributed by atoms with E-state index in [1.54, 1.807) is 81.1 Å². The number of aromatic amines is 1. The number of methoxy groups -OCH3 is 3. The Morgan fingerprint density at radius 3 is 1.41 bits per heavy atom. The summed E-state index contributed by atoms with van der Waals surface area (Å²) in [6.45, 7) is 25.6. The number of aromatic nitrogens is 5. The number of alkyl carbamates (subject to hydrolysis) is 3. The maximum atomic E-state index is 13.8. The van der Waals surface area contributed by atoms with Gasteiger partial charge in [0, 0.05) is 108 Å². The molecule has 12 rings (SSSR count). The van der Waals surface area contributed by atoms with E-state index in [1.807, 2.05) is 94.3 Å². The predicted molar refractivity (Wildman–Crippen MR) is 457 cm³/mol. The van der Waals surface area contributed by atoms with Gasteiger partial charge in [0.05, 0.1) is 64.9 Å². The van der Waals surface area contributed by atoms with E-state index in [0.717, 1.165) is 68.9 Å². The third kappa shape index (κ3) is 27.9. The topological polar surface area (TPSA) is 492 Å². The van der Waals surface area contributed by atoms with Crippen LogP contribution >= 0.6 is 0 Å². The van der Waals surface area contributed by atoms with E-state index in [9.17, 15) is 63.8 Å². The quantitative estimate of drug-likeness (QED) is 0.0152. The number of carboxylic acids is 1. The molecule has 2 saturated carbocycles. The fourth-order valence-electron chi connectivity index (χ4n) is 13.8. The summed E-state index contributed by atoms with van der Waals surface area (Å²) in [6, 6.07) is 25.3. The van der Waals surface area contributed by atoms with Crippen LogP contribution in [-0.4, -0.2) is 205 Å².